The standard InChI is InChI=1S/C11H13NO2/c1-9-4-3-7-10(9,2)6-14-11(7,5-12)8(9)13/h7H,3-4,6H2,1-2H3/t7-,9+,10+,11+/m1/s1. The van der Waals surface area contributed by atoms with Gasteiger partial charge in [-0.15, -0.1) is 0 Å². The molecule has 2 saturated carbocycles. The summed E-state index contributed by atoms with van der Waals surface area (Å²) in [6.45, 7) is 4.69. The minimum atomic E-state index is -1.08. The van der Waals surface area contributed by atoms with E-state index in [1.807, 2.05) is 6.92 Å². The Labute approximate surface area is 83.0 Å². The van der Waals surface area contributed by atoms with Crippen LogP contribution in [0.5, 0.6) is 0 Å². The van der Waals surface area contributed by atoms with Gasteiger partial charge < -0.3 is 4.74 Å². The van der Waals surface area contributed by atoms with Crippen molar-refractivity contribution < 1.29 is 9.53 Å². The molecule has 0 radical (unpaired) electrons. The summed E-state index contributed by atoms with van der Waals surface area (Å²) < 4.78 is 5.49. The number of nitrogens with zero attached hydrogens (tertiary/aromatic N) is 1. The lowest BCUT2D eigenvalue weighted by molar-refractivity contribution is -0.154. The first kappa shape index (κ1) is 8.43. The Hall–Kier alpha value is -0.880. The lowest BCUT2D eigenvalue weighted by atomic mass is 9.69. The predicted octanol–water partition coefficient (Wildman–Crippen LogP) is 1.28. The number of rotatable bonds is 0. The molecule has 1 aliphatic heterocycles. The van der Waals surface area contributed by atoms with Crippen molar-refractivity contribution in [2.45, 2.75) is 32.3 Å². The fraction of sp³-hybridized carbons (Fsp3) is 0.818. The molecule has 0 aromatic heterocycles. The first-order valence-corrected chi connectivity index (χ1v) is 5.11. The molecule has 4 bridgehead atoms. The minimum absolute atomic E-state index is 0.0394. The quantitative estimate of drug-likeness (QED) is 0.579. The molecule has 3 heteroatoms. The third-order valence-corrected chi connectivity index (χ3v) is 5.06. The Morgan fingerprint density at radius 1 is 1.57 bits per heavy atom. The van der Waals surface area contributed by atoms with E-state index >= 15 is 0 Å². The van der Waals surface area contributed by atoms with Crippen molar-refractivity contribution in [3.63, 3.8) is 0 Å². The van der Waals surface area contributed by atoms with Crippen LogP contribution in [0.2, 0.25) is 0 Å². The molecule has 4 atom stereocenters. The molecule has 1 heterocycles. The van der Waals surface area contributed by atoms with Crippen molar-refractivity contribution in [2.24, 2.45) is 16.7 Å². The van der Waals surface area contributed by atoms with Crippen LogP contribution < -0.4 is 0 Å². The lowest BCUT2D eigenvalue weighted by Crippen LogP contribution is -2.50. The number of carbonyl (C=O) groups is 1. The van der Waals surface area contributed by atoms with Crippen molar-refractivity contribution in [1.29, 1.82) is 5.26 Å². The maximum absolute atomic E-state index is 12.2. The van der Waals surface area contributed by atoms with Crippen molar-refractivity contribution in [3.05, 3.63) is 0 Å². The van der Waals surface area contributed by atoms with E-state index in [9.17, 15) is 4.79 Å². The summed E-state index contributed by atoms with van der Waals surface area (Å²) in [6, 6.07) is 2.13. The average Bonchev–Trinajstić information content (AvgIpc) is 2.65. The van der Waals surface area contributed by atoms with Gasteiger partial charge in [0.05, 0.1) is 6.61 Å². The topological polar surface area (TPSA) is 50.1 Å². The van der Waals surface area contributed by atoms with E-state index in [2.05, 4.69) is 13.0 Å². The molecule has 1 saturated heterocycles. The van der Waals surface area contributed by atoms with Crippen LogP contribution in [0.4, 0.5) is 0 Å². The number of ketones is 1. The molecule has 2 aliphatic carbocycles. The Morgan fingerprint density at radius 3 is 2.71 bits per heavy atom. The third kappa shape index (κ3) is 0.492. The number of Topliss-reactive ketones (excluding diaryl/α,β-unsaturated/α-hetero) is 1. The van der Waals surface area contributed by atoms with Crippen molar-refractivity contribution in [2.75, 3.05) is 6.61 Å². The SMILES string of the molecule is C[C@@]12CC[C@@H]3[C@]1(C)CO[C@]3(C#N)C2=O. The second-order valence-electron chi connectivity index (χ2n) is 5.31. The van der Waals surface area contributed by atoms with E-state index in [4.69, 9.17) is 10.00 Å². The van der Waals surface area contributed by atoms with Crippen molar-refractivity contribution >= 4 is 5.78 Å². The van der Waals surface area contributed by atoms with Gasteiger partial charge in [-0.05, 0) is 12.8 Å². The Balaban J connectivity index is 2.27. The van der Waals surface area contributed by atoms with E-state index < -0.39 is 5.60 Å². The lowest BCUT2D eigenvalue weighted by Gasteiger charge is -2.38. The fourth-order valence-electron chi connectivity index (χ4n) is 3.87. The first-order valence-electron chi connectivity index (χ1n) is 5.11. The van der Waals surface area contributed by atoms with Gasteiger partial charge in [-0.25, -0.2) is 0 Å². The van der Waals surface area contributed by atoms with Gasteiger partial charge in [0.1, 0.15) is 6.07 Å². The molecule has 0 amide bonds. The molecule has 0 aromatic carbocycles. The van der Waals surface area contributed by atoms with Crippen molar-refractivity contribution in [1.82, 2.24) is 0 Å². The third-order valence-electron chi connectivity index (χ3n) is 5.06. The highest BCUT2D eigenvalue weighted by molar-refractivity contribution is 6.00. The van der Waals surface area contributed by atoms with Gasteiger partial charge in [0.15, 0.2) is 5.78 Å². The van der Waals surface area contributed by atoms with E-state index in [0.29, 0.717) is 6.61 Å². The van der Waals surface area contributed by atoms with E-state index in [1.54, 1.807) is 0 Å². The Kier molecular flexibility index (Phi) is 1.14. The van der Waals surface area contributed by atoms with Gasteiger partial charge in [0, 0.05) is 16.7 Å². The fourth-order valence-corrected chi connectivity index (χ4v) is 3.87. The molecular formula is C11H13NO2. The molecule has 3 nitrogen and oxygen atoms in total. The summed E-state index contributed by atoms with van der Waals surface area (Å²) in [5, 5.41) is 9.17. The highest BCUT2D eigenvalue weighted by Crippen LogP contribution is 2.71. The van der Waals surface area contributed by atoms with Gasteiger partial charge in [-0.2, -0.15) is 5.26 Å². The van der Waals surface area contributed by atoms with Gasteiger partial charge in [0.25, 0.3) is 0 Å². The van der Waals surface area contributed by atoms with E-state index in [0.717, 1.165) is 12.8 Å². The molecule has 14 heavy (non-hydrogen) atoms. The van der Waals surface area contributed by atoms with Crippen LogP contribution in [0.25, 0.3) is 0 Å². The average molecular weight is 191 g/mol. The number of nitriles is 1. The zero-order chi connectivity index (χ0) is 10.2. The molecule has 0 unspecified atom stereocenters. The zero-order valence-electron chi connectivity index (χ0n) is 8.46. The second-order valence-corrected chi connectivity index (χ2v) is 5.31. The zero-order valence-corrected chi connectivity index (χ0v) is 8.46. The van der Waals surface area contributed by atoms with Crippen LogP contribution >= 0.6 is 0 Å². The van der Waals surface area contributed by atoms with Gasteiger partial charge >= 0.3 is 0 Å². The van der Waals surface area contributed by atoms with Crippen LogP contribution in [-0.4, -0.2) is 18.0 Å². The van der Waals surface area contributed by atoms with Crippen LogP contribution in [0, 0.1) is 28.1 Å². The number of hydrogen-bond acceptors (Lipinski definition) is 3. The summed E-state index contributed by atoms with van der Waals surface area (Å²) in [5.74, 6) is 0.176. The van der Waals surface area contributed by atoms with Crippen LogP contribution in [0.1, 0.15) is 26.7 Å². The van der Waals surface area contributed by atoms with Crippen molar-refractivity contribution in [3.8, 4) is 6.07 Å². The summed E-state index contributed by atoms with van der Waals surface area (Å²) in [4.78, 5) is 12.2. The Morgan fingerprint density at radius 2 is 2.29 bits per heavy atom. The largest absolute Gasteiger partial charge is 0.352 e. The first-order chi connectivity index (χ1) is 6.51. The van der Waals surface area contributed by atoms with Crippen LogP contribution in [0.15, 0.2) is 0 Å². The highest BCUT2D eigenvalue weighted by Gasteiger charge is 2.80. The summed E-state index contributed by atoms with van der Waals surface area (Å²) >= 11 is 0. The van der Waals surface area contributed by atoms with Gasteiger partial charge in [-0.1, -0.05) is 13.8 Å². The maximum atomic E-state index is 12.2. The number of ether oxygens (including phenoxy) is 1. The minimum Gasteiger partial charge on any atom is -0.352 e. The van der Waals surface area contributed by atoms with Gasteiger partial charge in [0.2, 0.25) is 5.60 Å². The molecular weight excluding hydrogens is 178 g/mol. The monoisotopic (exact) mass is 191 g/mol. The molecule has 3 aliphatic rings. The second kappa shape index (κ2) is 1.90. The Bertz CT molecular complexity index is 385. The molecule has 0 N–H and O–H groups in total. The van der Waals surface area contributed by atoms with Crippen LogP contribution in [-0.2, 0) is 9.53 Å². The molecule has 0 aromatic rings. The number of hydrogen-bond donors (Lipinski definition) is 0. The summed E-state index contributed by atoms with van der Waals surface area (Å²) in [5.41, 5.74) is -1.47. The summed E-state index contributed by atoms with van der Waals surface area (Å²) in [6.07, 6.45) is 1.89. The summed E-state index contributed by atoms with van der Waals surface area (Å²) in [7, 11) is 0. The normalized spacial score (nSPS) is 59.2. The molecule has 0 spiro atoms. The molecule has 74 valence electrons. The molecule has 3 fully saturated rings. The smallest absolute Gasteiger partial charge is 0.216 e. The van der Waals surface area contributed by atoms with Crippen LogP contribution in [0.3, 0.4) is 0 Å². The number of carbonyl (C=O) groups excluding carboxylic acids is 1. The highest BCUT2D eigenvalue weighted by atomic mass is 16.5. The maximum Gasteiger partial charge on any atom is 0.216 e. The predicted molar refractivity (Wildman–Crippen MR) is 48.2 cm³/mol. The van der Waals surface area contributed by atoms with E-state index in [-0.39, 0.29) is 22.5 Å². The van der Waals surface area contributed by atoms with Gasteiger partial charge in [-0.3, -0.25) is 4.79 Å². The van der Waals surface area contributed by atoms with E-state index in [1.165, 1.54) is 0 Å². The molecule has 3 rings (SSSR count).